The maximum Gasteiger partial charge on any atom is 0.309 e. The van der Waals surface area contributed by atoms with Crippen LogP contribution < -0.4 is 0 Å². The van der Waals surface area contributed by atoms with Crippen molar-refractivity contribution in [3.63, 3.8) is 0 Å². The average molecular weight is 416 g/mol. The van der Waals surface area contributed by atoms with Crippen molar-refractivity contribution in [2.75, 3.05) is 31.2 Å². The van der Waals surface area contributed by atoms with E-state index in [4.69, 9.17) is 4.74 Å². The molecule has 0 N–H and O–H groups in total. The van der Waals surface area contributed by atoms with Gasteiger partial charge in [-0.05, 0) is 45.0 Å². The highest BCUT2D eigenvalue weighted by Gasteiger charge is 2.48. The Labute approximate surface area is 160 Å². The number of nitrogens with zero attached hydrogens (tertiary/aromatic N) is 1. The zero-order valence-corrected chi connectivity index (χ0v) is 16.9. The molecule has 27 heavy (non-hydrogen) atoms. The minimum Gasteiger partial charge on any atom is -0.466 e. The molecule has 0 unspecified atom stereocenters. The van der Waals surface area contributed by atoms with E-state index in [9.17, 15) is 21.6 Å². The molecule has 1 aromatic rings. The summed E-state index contributed by atoms with van der Waals surface area (Å²) >= 11 is 0. The first-order valence-corrected chi connectivity index (χ1v) is 12.5. The number of sulfone groups is 2. The summed E-state index contributed by atoms with van der Waals surface area (Å²) in [5.74, 6) is -0.950. The van der Waals surface area contributed by atoms with Crippen molar-refractivity contribution >= 4 is 25.6 Å². The second-order valence-electron chi connectivity index (χ2n) is 7.10. The van der Waals surface area contributed by atoms with Gasteiger partial charge in [-0.1, -0.05) is 18.2 Å². The zero-order chi connectivity index (χ0) is 19.7. The second-order valence-corrected chi connectivity index (χ2v) is 11.4. The summed E-state index contributed by atoms with van der Waals surface area (Å²) in [5.41, 5.74) is 0. The Balaban J connectivity index is 1.79. The second kappa shape index (κ2) is 7.89. The third-order valence-electron chi connectivity index (χ3n) is 5.36. The molecule has 150 valence electrons. The molecule has 2 fully saturated rings. The minimum atomic E-state index is -3.76. The fraction of sp³-hybridized carbons (Fsp3) is 0.611. The smallest absolute Gasteiger partial charge is 0.309 e. The molecule has 7 nitrogen and oxygen atoms in total. The quantitative estimate of drug-likeness (QED) is 0.659. The molecule has 0 radical (unpaired) electrons. The zero-order valence-electron chi connectivity index (χ0n) is 15.3. The van der Waals surface area contributed by atoms with E-state index in [1.807, 2.05) is 4.90 Å². The van der Waals surface area contributed by atoms with Crippen LogP contribution in [0.2, 0.25) is 0 Å². The van der Waals surface area contributed by atoms with E-state index in [-0.39, 0.29) is 28.3 Å². The van der Waals surface area contributed by atoms with Gasteiger partial charge in [0.05, 0.1) is 34.2 Å². The van der Waals surface area contributed by atoms with E-state index in [1.54, 1.807) is 25.1 Å². The van der Waals surface area contributed by atoms with E-state index in [2.05, 4.69) is 0 Å². The van der Waals surface area contributed by atoms with Gasteiger partial charge in [-0.15, -0.1) is 0 Å². The van der Waals surface area contributed by atoms with Crippen molar-refractivity contribution in [3.8, 4) is 0 Å². The number of likely N-dealkylation sites (tertiary alicyclic amines) is 1. The first-order chi connectivity index (χ1) is 12.7. The Kier molecular flexibility index (Phi) is 5.93. The van der Waals surface area contributed by atoms with E-state index in [0.29, 0.717) is 32.5 Å². The molecule has 9 heteroatoms. The Hall–Kier alpha value is -1.45. The van der Waals surface area contributed by atoms with Crippen molar-refractivity contribution in [1.82, 2.24) is 4.90 Å². The lowest BCUT2D eigenvalue weighted by molar-refractivity contribution is -0.149. The molecule has 0 amide bonds. The molecule has 0 spiro atoms. The molecular weight excluding hydrogens is 390 g/mol. The van der Waals surface area contributed by atoms with Crippen LogP contribution in [0.5, 0.6) is 0 Å². The number of piperidine rings is 1. The molecule has 0 bridgehead atoms. The van der Waals surface area contributed by atoms with Crippen LogP contribution in [0.4, 0.5) is 0 Å². The van der Waals surface area contributed by atoms with Crippen LogP contribution in [0.3, 0.4) is 0 Å². The van der Waals surface area contributed by atoms with Crippen molar-refractivity contribution < 1.29 is 26.4 Å². The fourth-order valence-corrected chi connectivity index (χ4v) is 8.80. The standard InChI is InChI=1S/C18H25NO6S2/c1-2-25-18(20)14-8-10-19(11-9-14)16-12-26(21,22)13-17(16)27(23,24)15-6-4-3-5-7-15/h3-7,14,16-17H,2,8-13H2,1H3/t16-,17-/m0/s1. The maximum absolute atomic E-state index is 13.1. The lowest BCUT2D eigenvalue weighted by atomic mass is 9.95. The topological polar surface area (TPSA) is 97.8 Å². The number of ether oxygens (including phenoxy) is 1. The Bertz CT molecular complexity index is 874. The predicted molar refractivity (Wildman–Crippen MR) is 101 cm³/mol. The SMILES string of the molecule is CCOC(=O)C1CCN([C@H]2CS(=O)(=O)C[C@@H]2S(=O)(=O)c2ccccc2)CC1. The van der Waals surface area contributed by atoms with Crippen molar-refractivity contribution in [2.45, 2.75) is 36.0 Å². The van der Waals surface area contributed by atoms with Gasteiger partial charge >= 0.3 is 5.97 Å². The highest BCUT2D eigenvalue weighted by Crippen LogP contribution is 2.31. The molecule has 2 aliphatic heterocycles. The third kappa shape index (κ3) is 4.35. The summed E-state index contributed by atoms with van der Waals surface area (Å²) in [4.78, 5) is 14.0. The molecule has 3 rings (SSSR count). The van der Waals surface area contributed by atoms with Gasteiger partial charge in [-0.3, -0.25) is 9.69 Å². The molecule has 0 saturated carbocycles. The van der Waals surface area contributed by atoms with Crippen LogP contribution in [-0.2, 0) is 29.2 Å². The van der Waals surface area contributed by atoms with Gasteiger partial charge in [0, 0.05) is 6.04 Å². The number of hydrogen-bond donors (Lipinski definition) is 0. The third-order valence-corrected chi connectivity index (χ3v) is 9.50. The van der Waals surface area contributed by atoms with E-state index in [1.165, 1.54) is 12.1 Å². The summed E-state index contributed by atoms with van der Waals surface area (Å²) in [6.45, 7) is 3.07. The van der Waals surface area contributed by atoms with E-state index >= 15 is 0 Å². The normalized spacial score (nSPS) is 26.7. The Morgan fingerprint density at radius 1 is 1.15 bits per heavy atom. The van der Waals surface area contributed by atoms with E-state index < -0.39 is 31.0 Å². The van der Waals surface area contributed by atoms with Gasteiger partial charge in [0.2, 0.25) is 0 Å². The summed E-state index contributed by atoms with van der Waals surface area (Å²) in [5, 5.41) is -0.982. The molecular formula is C18H25NO6S2. The first-order valence-electron chi connectivity index (χ1n) is 9.14. The summed E-state index contributed by atoms with van der Waals surface area (Å²) < 4.78 is 55.7. The van der Waals surface area contributed by atoms with Crippen LogP contribution in [0, 0.1) is 5.92 Å². The summed E-state index contributed by atoms with van der Waals surface area (Å²) in [6, 6.07) is 7.42. The molecule has 0 aliphatic carbocycles. The number of benzene rings is 1. The molecule has 0 aromatic heterocycles. The van der Waals surface area contributed by atoms with Crippen LogP contribution in [-0.4, -0.2) is 70.2 Å². The van der Waals surface area contributed by atoms with Crippen molar-refractivity contribution in [1.29, 1.82) is 0 Å². The molecule has 1 aromatic carbocycles. The highest BCUT2D eigenvalue weighted by molar-refractivity contribution is 7.96. The summed E-state index contributed by atoms with van der Waals surface area (Å²) in [7, 11) is -7.20. The number of carbonyl (C=O) groups excluding carboxylic acids is 1. The van der Waals surface area contributed by atoms with Gasteiger partial charge < -0.3 is 4.74 Å². The molecule has 2 heterocycles. The lowest BCUT2D eigenvalue weighted by Crippen LogP contribution is -2.50. The van der Waals surface area contributed by atoms with Gasteiger partial charge in [0.25, 0.3) is 0 Å². The average Bonchev–Trinajstić information content (AvgIpc) is 2.99. The Morgan fingerprint density at radius 3 is 2.37 bits per heavy atom. The van der Waals surface area contributed by atoms with Gasteiger partial charge in [-0.25, -0.2) is 16.8 Å². The number of esters is 1. The lowest BCUT2D eigenvalue weighted by Gasteiger charge is -2.36. The molecule has 2 atom stereocenters. The van der Waals surface area contributed by atoms with Crippen LogP contribution in [0.15, 0.2) is 35.2 Å². The van der Waals surface area contributed by atoms with Crippen LogP contribution in [0.25, 0.3) is 0 Å². The highest BCUT2D eigenvalue weighted by atomic mass is 32.2. The number of carbonyl (C=O) groups is 1. The Morgan fingerprint density at radius 2 is 1.78 bits per heavy atom. The maximum atomic E-state index is 13.1. The van der Waals surface area contributed by atoms with Gasteiger partial charge in [0.15, 0.2) is 19.7 Å². The number of hydrogen-bond acceptors (Lipinski definition) is 7. The monoisotopic (exact) mass is 415 g/mol. The van der Waals surface area contributed by atoms with Gasteiger partial charge in [-0.2, -0.15) is 0 Å². The van der Waals surface area contributed by atoms with Crippen LogP contribution in [0.1, 0.15) is 19.8 Å². The van der Waals surface area contributed by atoms with Crippen molar-refractivity contribution in [2.24, 2.45) is 5.92 Å². The molecule has 2 saturated heterocycles. The van der Waals surface area contributed by atoms with Crippen LogP contribution >= 0.6 is 0 Å². The fourth-order valence-electron chi connectivity index (χ4n) is 3.95. The van der Waals surface area contributed by atoms with Crippen molar-refractivity contribution in [3.05, 3.63) is 30.3 Å². The molecule has 2 aliphatic rings. The van der Waals surface area contributed by atoms with Gasteiger partial charge in [0.1, 0.15) is 0 Å². The summed E-state index contributed by atoms with van der Waals surface area (Å²) in [6.07, 6.45) is 1.10. The largest absolute Gasteiger partial charge is 0.466 e. The minimum absolute atomic E-state index is 0.151. The van der Waals surface area contributed by atoms with E-state index in [0.717, 1.165) is 0 Å². The predicted octanol–water partition coefficient (Wildman–Crippen LogP) is 0.901. The number of rotatable bonds is 5. The first kappa shape index (κ1) is 20.3.